The quantitative estimate of drug-likeness (QED) is 0.795. The van der Waals surface area contributed by atoms with Gasteiger partial charge in [0, 0.05) is 23.5 Å². The summed E-state index contributed by atoms with van der Waals surface area (Å²) in [5, 5.41) is 2.77. The SMILES string of the molecule is Cc1cccc(NC(=O)c2cccc(Oc3ccccn3)c2)n1. The fourth-order valence-corrected chi connectivity index (χ4v) is 2.03. The van der Waals surface area contributed by atoms with Crippen LogP contribution in [0.25, 0.3) is 0 Å². The number of amides is 1. The Labute approximate surface area is 134 Å². The van der Waals surface area contributed by atoms with E-state index in [1.807, 2.05) is 31.2 Å². The van der Waals surface area contributed by atoms with Gasteiger partial charge in [-0.1, -0.05) is 18.2 Å². The fourth-order valence-electron chi connectivity index (χ4n) is 2.03. The van der Waals surface area contributed by atoms with Crippen molar-refractivity contribution in [2.75, 3.05) is 5.32 Å². The van der Waals surface area contributed by atoms with Crippen LogP contribution in [0, 0.1) is 6.92 Å². The first-order chi connectivity index (χ1) is 11.2. The van der Waals surface area contributed by atoms with Crippen molar-refractivity contribution in [3.8, 4) is 11.6 Å². The van der Waals surface area contributed by atoms with Gasteiger partial charge in [-0.3, -0.25) is 4.79 Å². The normalized spacial score (nSPS) is 10.1. The lowest BCUT2D eigenvalue weighted by Gasteiger charge is -2.08. The van der Waals surface area contributed by atoms with Crippen molar-refractivity contribution in [2.45, 2.75) is 6.92 Å². The number of nitrogens with zero attached hydrogens (tertiary/aromatic N) is 2. The standard InChI is InChI=1S/C18H15N3O2/c1-13-6-4-9-16(20-13)21-18(22)14-7-5-8-15(12-14)23-17-10-2-3-11-19-17/h2-12H,1H3,(H,20,21,22). The van der Waals surface area contributed by atoms with Crippen LogP contribution in [0.3, 0.4) is 0 Å². The number of rotatable bonds is 4. The summed E-state index contributed by atoms with van der Waals surface area (Å²) in [5.41, 5.74) is 1.33. The molecule has 0 unspecified atom stereocenters. The average Bonchev–Trinajstić information content (AvgIpc) is 2.56. The Morgan fingerprint density at radius 2 is 1.91 bits per heavy atom. The Hall–Kier alpha value is -3.21. The van der Waals surface area contributed by atoms with Crippen LogP contribution in [0.2, 0.25) is 0 Å². The third kappa shape index (κ3) is 3.91. The Kier molecular flexibility index (Phi) is 4.29. The van der Waals surface area contributed by atoms with Crippen LogP contribution in [0.5, 0.6) is 11.6 Å². The highest BCUT2D eigenvalue weighted by atomic mass is 16.5. The number of aromatic nitrogens is 2. The van der Waals surface area contributed by atoms with E-state index >= 15 is 0 Å². The van der Waals surface area contributed by atoms with Gasteiger partial charge in [0.2, 0.25) is 5.88 Å². The van der Waals surface area contributed by atoms with Crippen molar-refractivity contribution in [1.82, 2.24) is 9.97 Å². The van der Waals surface area contributed by atoms with Crippen LogP contribution in [0.1, 0.15) is 16.1 Å². The van der Waals surface area contributed by atoms with Crippen molar-refractivity contribution in [1.29, 1.82) is 0 Å². The third-order valence-corrected chi connectivity index (χ3v) is 3.09. The summed E-state index contributed by atoms with van der Waals surface area (Å²) in [6.07, 6.45) is 1.65. The van der Waals surface area contributed by atoms with E-state index < -0.39 is 0 Å². The predicted octanol–water partition coefficient (Wildman–Crippen LogP) is 3.83. The largest absolute Gasteiger partial charge is 0.439 e. The summed E-state index contributed by atoms with van der Waals surface area (Å²) < 4.78 is 5.63. The Bertz CT molecular complexity index is 819. The number of hydrogen-bond acceptors (Lipinski definition) is 4. The van der Waals surface area contributed by atoms with E-state index in [0.717, 1.165) is 5.69 Å². The number of aryl methyl sites for hydroxylation is 1. The predicted molar refractivity (Wildman–Crippen MR) is 87.7 cm³/mol. The number of hydrogen-bond donors (Lipinski definition) is 1. The molecule has 0 atom stereocenters. The van der Waals surface area contributed by atoms with Crippen molar-refractivity contribution >= 4 is 11.7 Å². The summed E-state index contributed by atoms with van der Waals surface area (Å²) in [4.78, 5) is 20.7. The smallest absolute Gasteiger partial charge is 0.256 e. The highest BCUT2D eigenvalue weighted by molar-refractivity contribution is 6.04. The number of carbonyl (C=O) groups excluding carboxylic acids is 1. The number of carbonyl (C=O) groups is 1. The molecular weight excluding hydrogens is 290 g/mol. The molecular formula is C18H15N3O2. The van der Waals surface area contributed by atoms with Gasteiger partial charge in [-0.25, -0.2) is 9.97 Å². The van der Waals surface area contributed by atoms with Gasteiger partial charge >= 0.3 is 0 Å². The minimum Gasteiger partial charge on any atom is -0.439 e. The molecule has 0 saturated carbocycles. The maximum absolute atomic E-state index is 12.3. The van der Waals surface area contributed by atoms with Crippen LogP contribution in [0.15, 0.2) is 66.9 Å². The molecule has 23 heavy (non-hydrogen) atoms. The Morgan fingerprint density at radius 3 is 2.70 bits per heavy atom. The first kappa shape index (κ1) is 14.7. The van der Waals surface area contributed by atoms with E-state index in [1.54, 1.807) is 42.6 Å². The second-order valence-electron chi connectivity index (χ2n) is 4.92. The molecule has 0 radical (unpaired) electrons. The van der Waals surface area contributed by atoms with Crippen molar-refractivity contribution < 1.29 is 9.53 Å². The molecule has 0 aliphatic carbocycles. The molecule has 5 heteroatoms. The zero-order chi connectivity index (χ0) is 16.1. The lowest BCUT2D eigenvalue weighted by Crippen LogP contribution is -2.13. The zero-order valence-electron chi connectivity index (χ0n) is 12.6. The molecule has 3 rings (SSSR count). The maximum Gasteiger partial charge on any atom is 0.256 e. The van der Waals surface area contributed by atoms with Gasteiger partial charge in [-0.05, 0) is 43.3 Å². The zero-order valence-corrected chi connectivity index (χ0v) is 12.6. The molecule has 0 fully saturated rings. The highest BCUT2D eigenvalue weighted by Crippen LogP contribution is 2.20. The van der Waals surface area contributed by atoms with Gasteiger partial charge in [0.15, 0.2) is 0 Å². The van der Waals surface area contributed by atoms with Crippen molar-refractivity contribution in [3.05, 3.63) is 78.1 Å². The Morgan fingerprint density at radius 1 is 1.04 bits per heavy atom. The van der Waals surface area contributed by atoms with Crippen LogP contribution < -0.4 is 10.1 Å². The number of ether oxygens (including phenoxy) is 1. The molecule has 2 aromatic heterocycles. The minimum atomic E-state index is -0.241. The molecule has 114 valence electrons. The average molecular weight is 305 g/mol. The fraction of sp³-hybridized carbons (Fsp3) is 0.0556. The third-order valence-electron chi connectivity index (χ3n) is 3.09. The van der Waals surface area contributed by atoms with Crippen LogP contribution in [-0.4, -0.2) is 15.9 Å². The van der Waals surface area contributed by atoms with Gasteiger partial charge in [0.1, 0.15) is 11.6 Å². The van der Waals surface area contributed by atoms with Gasteiger partial charge in [-0.2, -0.15) is 0 Å². The first-order valence-corrected chi connectivity index (χ1v) is 7.15. The number of pyridine rings is 2. The van der Waals surface area contributed by atoms with E-state index in [9.17, 15) is 4.79 Å². The number of nitrogens with one attached hydrogen (secondary N) is 1. The number of benzene rings is 1. The van der Waals surface area contributed by atoms with Gasteiger partial charge in [0.25, 0.3) is 5.91 Å². The van der Waals surface area contributed by atoms with Gasteiger partial charge < -0.3 is 10.1 Å². The molecule has 2 heterocycles. The molecule has 0 spiro atoms. The summed E-state index contributed by atoms with van der Waals surface area (Å²) >= 11 is 0. The molecule has 0 saturated heterocycles. The number of anilines is 1. The molecule has 0 aliphatic rings. The van der Waals surface area contributed by atoms with E-state index in [0.29, 0.717) is 23.0 Å². The summed E-state index contributed by atoms with van der Waals surface area (Å²) in [6, 6.07) is 17.8. The van der Waals surface area contributed by atoms with Gasteiger partial charge in [0.05, 0.1) is 0 Å². The van der Waals surface area contributed by atoms with E-state index in [2.05, 4.69) is 15.3 Å². The van der Waals surface area contributed by atoms with Crippen LogP contribution in [-0.2, 0) is 0 Å². The minimum absolute atomic E-state index is 0.241. The van der Waals surface area contributed by atoms with E-state index in [4.69, 9.17) is 4.74 Å². The van der Waals surface area contributed by atoms with Crippen molar-refractivity contribution in [2.24, 2.45) is 0 Å². The van der Waals surface area contributed by atoms with Gasteiger partial charge in [-0.15, -0.1) is 0 Å². The van der Waals surface area contributed by atoms with E-state index in [-0.39, 0.29) is 5.91 Å². The lowest BCUT2D eigenvalue weighted by molar-refractivity contribution is 0.102. The Balaban J connectivity index is 1.75. The maximum atomic E-state index is 12.3. The van der Waals surface area contributed by atoms with E-state index in [1.165, 1.54) is 0 Å². The summed E-state index contributed by atoms with van der Waals surface area (Å²) in [5.74, 6) is 1.31. The first-order valence-electron chi connectivity index (χ1n) is 7.15. The molecule has 1 N–H and O–H groups in total. The topological polar surface area (TPSA) is 64.1 Å². The second-order valence-corrected chi connectivity index (χ2v) is 4.92. The molecule has 0 aliphatic heterocycles. The molecule has 3 aromatic rings. The van der Waals surface area contributed by atoms with Crippen molar-refractivity contribution in [3.63, 3.8) is 0 Å². The lowest BCUT2D eigenvalue weighted by atomic mass is 10.2. The molecule has 1 aromatic carbocycles. The summed E-state index contributed by atoms with van der Waals surface area (Å²) in [6.45, 7) is 1.87. The van der Waals surface area contributed by atoms with Crippen LogP contribution >= 0.6 is 0 Å². The monoisotopic (exact) mass is 305 g/mol. The highest BCUT2D eigenvalue weighted by Gasteiger charge is 2.08. The molecule has 5 nitrogen and oxygen atoms in total. The second kappa shape index (κ2) is 6.70. The van der Waals surface area contributed by atoms with Crippen LogP contribution in [0.4, 0.5) is 5.82 Å². The molecule has 1 amide bonds. The summed E-state index contributed by atoms with van der Waals surface area (Å²) in [7, 11) is 0. The molecule has 0 bridgehead atoms.